The summed E-state index contributed by atoms with van der Waals surface area (Å²) in [5.41, 5.74) is 4.85. The van der Waals surface area contributed by atoms with Gasteiger partial charge in [-0.1, -0.05) is 70.1 Å². The number of hydrogen-bond donors (Lipinski definition) is 1. The monoisotopic (exact) mass is 655 g/mol. The number of benzene rings is 2. The van der Waals surface area contributed by atoms with Crippen molar-refractivity contribution in [2.45, 2.75) is 84.7 Å². The van der Waals surface area contributed by atoms with Crippen molar-refractivity contribution in [2.75, 3.05) is 32.6 Å². The predicted octanol–water partition coefficient (Wildman–Crippen LogP) is 8.91. The third-order valence-electron chi connectivity index (χ3n) is 7.30. The molecule has 1 amide bonds. The van der Waals surface area contributed by atoms with Crippen molar-refractivity contribution in [3.05, 3.63) is 70.8 Å². The van der Waals surface area contributed by atoms with E-state index in [1.165, 1.54) is 0 Å². The maximum atomic E-state index is 13.1. The number of nitrogens with zero attached hydrogens (tertiary/aromatic N) is 2. The second-order valence-electron chi connectivity index (χ2n) is 13.4. The summed E-state index contributed by atoms with van der Waals surface area (Å²) in [6.07, 6.45) is 0.220. The van der Waals surface area contributed by atoms with Gasteiger partial charge in [0.05, 0.1) is 23.3 Å². The maximum Gasteiger partial charge on any atom is 0.407 e. The van der Waals surface area contributed by atoms with Gasteiger partial charge in [0.25, 0.3) is 0 Å². The smallest absolute Gasteiger partial charge is 0.407 e. The van der Waals surface area contributed by atoms with Gasteiger partial charge in [-0.15, -0.1) is 0 Å². The van der Waals surface area contributed by atoms with E-state index in [9.17, 15) is 9.59 Å². The lowest BCUT2D eigenvalue weighted by molar-refractivity contribution is -0.152. The zero-order valence-corrected chi connectivity index (χ0v) is 29.8. The van der Waals surface area contributed by atoms with E-state index in [0.717, 1.165) is 33.5 Å². The zero-order chi connectivity index (χ0) is 33.3. The molecule has 2 aromatic carbocycles. The van der Waals surface area contributed by atoms with E-state index in [1.54, 1.807) is 28.6 Å². The number of fused-ring (bicyclic) bond motifs is 2. The summed E-state index contributed by atoms with van der Waals surface area (Å²) in [5.74, 6) is 0.527. The summed E-state index contributed by atoms with van der Waals surface area (Å²) in [4.78, 5) is 25.0. The van der Waals surface area contributed by atoms with Crippen molar-refractivity contribution in [3.63, 3.8) is 0 Å². The van der Waals surface area contributed by atoms with E-state index in [4.69, 9.17) is 14.2 Å². The maximum absolute atomic E-state index is 13.1. The highest BCUT2D eigenvalue weighted by atomic mass is 33.1. The van der Waals surface area contributed by atoms with Crippen molar-refractivity contribution in [2.24, 2.45) is 15.6 Å². The van der Waals surface area contributed by atoms with E-state index in [2.05, 4.69) is 35.5 Å². The summed E-state index contributed by atoms with van der Waals surface area (Å²) in [6.45, 7) is 17.3. The number of esters is 1. The van der Waals surface area contributed by atoms with Crippen molar-refractivity contribution >= 4 is 44.9 Å². The molecule has 3 rings (SSSR count). The van der Waals surface area contributed by atoms with Gasteiger partial charge in [-0.25, -0.2) is 4.79 Å². The van der Waals surface area contributed by atoms with Crippen LogP contribution in [0, 0.1) is 5.41 Å². The third kappa shape index (κ3) is 11.2. The van der Waals surface area contributed by atoms with Crippen LogP contribution < -0.4 is 5.32 Å². The number of carbonyl (C=O) groups excluding carboxylic acids is 2. The van der Waals surface area contributed by atoms with Crippen LogP contribution in [0.4, 0.5) is 4.79 Å². The van der Waals surface area contributed by atoms with Gasteiger partial charge in [0, 0.05) is 41.6 Å². The lowest BCUT2D eigenvalue weighted by Crippen LogP contribution is -2.36. The van der Waals surface area contributed by atoms with Crippen molar-refractivity contribution in [1.29, 1.82) is 0 Å². The molecular formula is C35H49N3O5S2. The number of amides is 1. The fraction of sp³-hybridized carbons (Fsp3) is 0.543. The number of nitrogens with one attached hydrogen (secondary N) is 1. The molecule has 1 N–H and O–H groups in total. The average Bonchev–Trinajstić information content (AvgIpc) is 2.97. The normalized spacial score (nSPS) is 17.2. The molecule has 1 aliphatic carbocycles. The van der Waals surface area contributed by atoms with E-state index < -0.39 is 23.2 Å². The number of rotatable bonds is 13. The molecule has 1 atom stereocenters. The van der Waals surface area contributed by atoms with Crippen LogP contribution >= 0.6 is 21.6 Å². The predicted molar refractivity (Wildman–Crippen MR) is 186 cm³/mol. The highest BCUT2D eigenvalue weighted by molar-refractivity contribution is 8.77. The first kappa shape index (κ1) is 36.6. The first-order chi connectivity index (χ1) is 21.1. The Bertz CT molecular complexity index is 1380. The van der Waals surface area contributed by atoms with Crippen LogP contribution in [0.3, 0.4) is 0 Å². The Kier molecular flexibility index (Phi) is 13.1. The van der Waals surface area contributed by atoms with Gasteiger partial charge in [-0.2, -0.15) is 10.2 Å². The second kappa shape index (κ2) is 16.1. The van der Waals surface area contributed by atoms with Crippen LogP contribution in [0.1, 0.15) is 90.2 Å². The summed E-state index contributed by atoms with van der Waals surface area (Å²) < 4.78 is 17.6. The molecule has 0 spiro atoms. The number of allylic oxidation sites excluding steroid dienone is 1. The standard InChI is InChI=1S/C35H49N3O5S2/c1-24-26-15-12-13-17-28(26)29(22-25-14-10-11-16-27(25)30(24)38-36-9)43-32(40)37-19-18-34(5,6)42-23-35(7,8)45-44-21-20-41-31(39)33(2,3)4/h10-17,29H,18-23H2,1-9H3,(H,37,40)/b30-24+,38-36?. The Balaban J connectivity index is 1.53. The molecule has 246 valence electrons. The molecule has 1 unspecified atom stereocenters. The average molecular weight is 656 g/mol. The molecular weight excluding hydrogens is 607 g/mol. The third-order valence-corrected chi connectivity index (χ3v) is 10.5. The molecule has 0 aromatic heterocycles. The molecule has 45 heavy (non-hydrogen) atoms. The highest BCUT2D eigenvalue weighted by Gasteiger charge is 2.29. The highest BCUT2D eigenvalue weighted by Crippen LogP contribution is 2.39. The summed E-state index contributed by atoms with van der Waals surface area (Å²) >= 11 is 0. The van der Waals surface area contributed by atoms with E-state index in [0.29, 0.717) is 38.4 Å². The minimum Gasteiger partial charge on any atom is -0.464 e. The Morgan fingerprint density at radius 3 is 2.33 bits per heavy atom. The fourth-order valence-electron chi connectivity index (χ4n) is 4.71. The molecule has 0 saturated heterocycles. The summed E-state index contributed by atoms with van der Waals surface area (Å²) in [5, 5.41) is 11.5. The molecule has 0 radical (unpaired) electrons. The number of hydrogen-bond acceptors (Lipinski definition) is 9. The largest absolute Gasteiger partial charge is 0.464 e. The van der Waals surface area contributed by atoms with Crippen LogP contribution in [0.5, 0.6) is 0 Å². The lowest BCUT2D eigenvalue weighted by atomic mass is 9.86. The summed E-state index contributed by atoms with van der Waals surface area (Å²) in [6, 6.07) is 16.1. The van der Waals surface area contributed by atoms with E-state index >= 15 is 0 Å². The zero-order valence-electron chi connectivity index (χ0n) is 28.2. The SMILES string of the molecule is CN=N/C1=C(\C)c2ccccc2C(OC(=O)NCCC(C)(C)OCC(C)(C)SSCCOC(=O)C(C)(C)C)Cc2ccccc21. The molecule has 0 saturated carbocycles. The van der Waals surface area contributed by atoms with Crippen LogP contribution in [-0.2, 0) is 25.4 Å². The Morgan fingerprint density at radius 1 is 0.978 bits per heavy atom. The minimum atomic E-state index is -0.488. The number of carbonyl (C=O) groups is 2. The van der Waals surface area contributed by atoms with E-state index in [1.807, 2.05) is 84.0 Å². The number of alkyl carbamates (subject to hydrolysis) is 1. The number of azo groups is 1. The molecule has 10 heteroatoms. The van der Waals surface area contributed by atoms with E-state index in [-0.39, 0.29) is 10.7 Å². The molecule has 1 aliphatic rings. The Hall–Kier alpha value is -2.82. The minimum absolute atomic E-state index is 0.144. The first-order valence-corrected chi connectivity index (χ1v) is 17.7. The molecule has 0 heterocycles. The molecule has 8 nitrogen and oxygen atoms in total. The fourth-order valence-corrected chi connectivity index (χ4v) is 6.93. The first-order valence-electron chi connectivity index (χ1n) is 15.4. The van der Waals surface area contributed by atoms with Gasteiger partial charge in [-0.05, 0) is 78.5 Å². The lowest BCUT2D eigenvalue weighted by Gasteiger charge is -2.31. The van der Waals surface area contributed by atoms with Crippen molar-refractivity contribution in [3.8, 4) is 0 Å². The molecule has 0 aliphatic heterocycles. The van der Waals surface area contributed by atoms with Gasteiger partial charge >= 0.3 is 12.1 Å². The molecule has 2 aromatic rings. The Morgan fingerprint density at radius 2 is 1.64 bits per heavy atom. The topological polar surface area (TPSA) is 98.6 Å². The molecule has 0 fully saturated rings. The second-order valence-corrected chi connectivity index (χ2v) is 16.5. The molecule has 0 bridgehead atoms. The van der Waals surface area contributed by atoms with Crippen LogP contribution in [0.2, 0.25) is 0 Å². The van der Waals surface area contributed by atoms with Gasteiger partial charge < -0.3 is 19.5 Å². The van der Waals surface area contributed by atoms with Gasteiger partial charge in [0.1, 0.15) is 12.7 Å². The quantitative estimate of drug-likeness (QED) is 0.0996. The van der Waals surface area contributed by atoms with Crippen molar-refractivity contribution in [1.82, 2.24) is 5.32 Å². The van der Waals surface area contributed by atoms with Gasteiger partial charge in [0.15, 0.2) is 0 Å². The Labute approximate surface area is 276 Å². The van der Waals surface area contributed by atoms with Crippen molar-refractivity contribution < 1.29 is 23.8 Å². The van der Waals surface area contributed by atoms with Gasteiger partial charge in [-0.3, -0.25) is 4.79 Å². The summed E-state index contributed by atoms with van der Waals surface area (Å²) in [7, 11) is 5.06. The van der Waals surface area contributed by atoms with Crippen LogP contribution in [0.25, 0.3) is 11.3 Å². The van der Waals surface area contributed by atoms with Crippen LogP contribution in [0.15, 0.2) is 58.8 Å². The van der Waals surface area contributed by atoms with Gasteiger partial charge in [0.2, 0.25) is 0 Å². The van der Waals surface area contributed by atoms with Crippen LogP contribution in [-0.4, -0.2) is 55.0 Å². The number of ether oxygens (including phenoxy) is 3.